The minimum Gasteiger partial charge on any atom is -0.441 e. The standard InChI is InChI=1S/C13H13N5O/c1-8-17-10-6-9(2-3-11(10)19-8)16-7-13-15-5-4-12(14)18-13/h2-6,16H,7H2,1H3,(H2,14,15,18). The summed E-state index contributed by atoms with van der Waals surface area (Å²) >= 11 is 0. The third-order valence-electron chi connectivity index (χ3n) is 2.67. The Kier molecular flexibility index (Phi) is 2.75. The molecule has 3 rings (SSSR count). The number of nitrogens with zero attached hydrogens (tertiary/aromatic N) is 3. The summed E-state index contributed by atoms with van der Waals surface area (Å²) in [5.41, 5.74) is 8.15. The predicted molar refractivity (Wildman–Crippen MR) is 72.5 cm³/mol. The van der Waals surface area contributed by atoms with Gasteiger partial charge in [0.25, 0.3) is 0 Å². The van der Waals surface area contributed by atoms with Crippen LogP contribution in [0.3, 0.4) is 0 Å². The van der Waals surface area contributed by atoms with Gasteiger partial charge in [0.2, 0.25) is 0 Å². The maximum Gasteiger partial charge on any atom is 0.192 e. The second-order valence-corrected chi connectivity index (χ2v) is 4.17. The van der Waals surface area contributed by atoms with Crippen molar-refractivity contribution in [3.8, 4) is 0 Å². The molecule has 1 aromatic carbocycles. The third kappa shape index (κ3) is 2.47. The summed E-state index contributed by atoms with van der Waals surface area (Å²) < 4.78 is 5.42. The fraction of sp³-hybridized carbons (Fsp3) is 0.154. The molecule has 0 spiro atoms. The molecule has 0 fully saturated rings. The molecule has 0 saturated carbocycles. The van der Waals surface area contributed by atoms with Crippen molar-refractivity contribution in [3.05, 3.63) is 42.2 Å². The molecule has 0 bridgehead atoms. The highest BCUT2D eigenvalue weighted by molar-refractivity contribution is 5.77. The van der Waals surface area contributed by atoms with Crippen molar-refractivity contribution in [3.63, 3.8) is 0 Å². The number of aromatic nitrogens is 3. The fourth-order valence-electron chi connectivity index (χ4n) is 1.83. The number of hydrogen-bond acceptors (Lipinski definition) is 6. The van der Waals surface area contributed by atoms with E-state index in [4.69, 9.17) is 10.2 Å². The number of nitrogen functional groups attached to an aromatic ring is 1. The van der Waals surface area contributed by atoms with Crippen molar-refractivity contribution < 1.29 is 4.42 Å². The van der Waals surface area contributed by atoms with Gasteiger partial charge in [0.15, 0.2) is 11.5 Å². The van der Waals surface area contributed by atoms with Crippen LogP contribution in [0.25, 0.3) is 11.1 Å². The lowest BCUT2D eigenvalue weighted by molar-refractivity contribution is 0.561. The van der Waals surface area contributed by atoms with Crippen LogP contribution in [0.5, 0.6) is 0 Å². The number of fused-ring (bicyclic) bond motifs is 1. The van der Waals surface area contributed by atoms with Gasteiger partial charge in [0.1, 0.15) is 17.2 Å². The zero-order valence-electron chi connectivity index (χ0n) is 10.4. The van der Waals surface area contributed by atoms with Crippen molar-refractivity contribution in [2.75, 3.05) is 11.1 Å². The first-order chi connectivity index (χ1) is 9.20. The zero-order chi connectivity index (χ0) is 13.2. The molecule has 0 aliphatic heterocycles. The summed E-state index contributed by atoms with van der Waals surface area (Å²) in [5.74, 6) is 1.78. The quantitative estimate of drug-likeness (QED) is 0.745. The molecule has 2 aromatic heterocycles. The van der Waals surface area contributed by atoms with Crippen LogP contribution >= 0.6 is 0 Å². The Morgan fingerprint density at radius 3 is 3.00 bits per heavy atom. The van der Waals surface area contributed by atoms with Gasteiger partial charge in [-0.2, -0.15) is 0 Å². The number of nitrogens with one attached hydrogen (secondary N) is 1. The van der Waals surface area contributed by atoms with E-state index in [0.29, 0.717) is 24.1 Å². The minimum absolute atomic E-state index is 0.467. The average molecular weight is 255 g/mol. The number of nitrogens with two attached hydrogens (primary N) is 1. The van der Waals surface area contributed by atoms with Gasteiger partial charge in [-0.05, 0) is 24.3 Å². The number of rotatable bonds is 3. The lowest BCUT2D eigenvalue weighted by Gasteiger charge is -2.05. The van der Waals surface area contributed by atoms with E-state index in [9.17, 15) is 0 Å². The van der Waals surface area contributed by atoms with E-state index in [0.717, 1.165) is 16.8 Å². The molecular formula is C13H13N5O. The summed E-state index contributed by atoms with van der Waals surface area (Å²) in [6, 6.07) is 7.41. The van der Waals surface area contributed by atoms with Crippen molar-refractivity contribution in [1.82, 2.24) is 15.0 Å². The number of benzene rings is 1. The fourth-order valence-corrected chi connectivity index (χ4v) is 1.83. The maximum absolute atomic E-state index is 5.60. The SMILES string of the molecule is Cc1nc2cc(NCc3nccc(N)n3)ccc2o1. The second-order valence-electron chi connectivity index (χ2n) is 4.17. The smallest absolute Gasteiger partial charge is 0.192 e. The Bertz CT molecular complexity index is 722. The maximum atomic E-state index is 5.60. The van der Waals surface area contributed by atoms with Gasteiger partial charge in [0, 0.05) is 18.8 Å². The van der Waals surface area contributed by atoms with Gasteiger partial charge in [0.05, 0.1) is 6.54 Å². The lowest BCUT2D eigenvalue weighted by Crippen LogP contribution is -2.05. The van der Waals surface area contributed by atoms with E-state index in [1.165, 1.54) is 0 Å². The highest BCUT2D eigenvalue weighted by Crippen LogP contribution is 2.19. The van der Waals surface area contributed by atoms with Gasteiger partial charge in [-0.15, -0.1) is 0 Å². The average Bonchev–Trinajstić information content (AvgIpc) is 2.75. The van der Waals surface area contributed by atoms with Crippen molar-refractivity contribution >= 4 is 22.6 Å². The molecule has 0 atom stereocenters. The van der Waals surface area contributed by atoms with Gasteiger partial charge in [-0.1, -0.05) is 0 Å². The summed E-state index contributed by atoms with van der Waals surface area (Å²) in [6.45, 7) is 2.33. The van der Waals surface area contributed by atoms with E-state index < -0.39 is 0 Å². The summed E-state index contributed by atoms with van der Waals surface area (Å²) in [6.07, 6.45) is 1.64. The largest absolute Gasteiger partial charge is 0.441 e. The first-order valence-electron chi connectivity index (χ1n) is 5.89. The van der Waals surface area contributed by atoms with Crippen LogP contribution in [0.2, 0.25) is 0 Å². The molecule has 3 aromatic rings. The van der Waals surface area contributed by atoms with Crippen LogP contribution in [0.15, 0.2) is 34.9 Å². The number of aryl methyl sites for hydroxylation is 1. The highest BCUT2D eigenvalue weighted by Gasteiger charge is 2.03. The van der Waals surface area contributed by atoms with Gasteiger partial charge in [-0.3, -0.25) is 0 Å². The molecule has 0 aliphatic carbocycles. The molecule has 0 unspecified atom stereocenters. The normalized spacial score (nSPS) is 10.8. The zero-order valence-corrected chi connectivity index (χ0v) is 10.4. The topological polar surface area (TPSA) is 89.9 Å². The van der Waals surface area contributed by atoms with Crippen molar-refractivity contribution in [2.45, 2.75) is 13.5 Å². The third-order valence-corrected chi connectivity index (χ3v) is 2.67. The molecule has 0 aliphatic rings. The lowest BCUT2D eigenvalue weighted by atomic mass is 10.3. The Balaban J connectivity index is 1.78. The molecule has 6 heteroatoms. The van der Waals surface area contributed by atoms with Crippen LogP contribution in [0.4, 0.5) is 11.5 Å². The van der Waals surface area contributed by atoms with E-state index in [1.54, 1.807) is 12.3 Å². The van der Waals surface area contributed by atoms with E-state index in [-0.39, 0.29) is 0 Å². The van der Waals surface area contributed by atoms with Crippen LogP contribution in [-0.2, 0) is 6.54 Å². The Hall–Kier alpha value is -2.63. The molecule has 0 amide bonds. The molecule has 19 heavy (non-hydrogen) atoms. The molecule has 96 valence electrons. The van der Waals surface area contributed by atoms with Crippen LogP contribution in [0.1, 0.15) is 11.7 Å². The Morgan fingerprint density at radius 1 is 1.26 bits per heavy atom. The second kappa shape index (κ2) is 4.56. The van der Waals surface area contributed by atoms with E-state index in [2.05, 4.69) is 20.3 Å². The number of hydrogen-bond donors (Lipinski definition) is 2. The first kappa shape index (κ1) is 11.5. The minimum atomic E-state index is 0.467. The van der Waals surface area contributed by atoms with E-state index >= 15 is 0 Å². The van der Waals surface area contributed by atoms with Crippen LogP contribution < -0.4 is 11.1 Å². The Morgan fingerprint density at radius 2 is 2.16 bits per heavy atom. The number of oxazole rings is 1. The van der Waals surface area contributed by atoms with Gasteiger partial charge in [-0.25, -0.2) is 15.0 Å². The van der Waals surface area contributed by atoms with Crippen molar-refractivity contribution in [1.29, 1.82) is 0 Å². The Labute approximate surface area is 109 Å². The molecule has 0 radical (unpaired) electrons. The summed E-state index contributed by atoms with van der Waals surface area (Å²) in [5, 5.41) is 3.23. The molecular weight excluding hydrogens is 242 g/mol. The van der Waals surface area contributed by atoms with Gasteiger partial charge >= 0.3 is 0 Å². The summed E-state index contributed by atoms with van der Waals surface area (Å²) in [7, 11) is 0. The monoisotopic (exact) mass is 255 g/mol. The van der Waals surface area contributed by atoms with Crippen LogP contribution in [-0.4, -0.2) is 15.0 Å². The summed E-state index contributed by atoms with van der Waals surface area (Å²) in [4.78, 5) is 12.5. The molecule has 2 heterocycles. The molecule has 0 saturated heterocycles. The molecule has 3 N–H and O–H groups in total. The predicted octanol–water partition coefficient (Wildman–Crippen LogP) is 2.12. The van der Waals surface area contributed by atoms with Crippen LogP contribution in [0, 0.1) is 6.92 Å². The highest BCUT2D eigenvalue weighted by atomic mass is 16.3. The van der Waals surface area contributed by atoms with Crippen molar-refractivity contribution in [2.24, 2.45) is 0 Å². The number of anilines is 2. The van der Waals surface area contributed by atoms with E-state index in [1.807, 2.05) is 25.1 Å². The molecule has 6 nitrogen and oxygen atoms in total. The first-order valence-corrected chi connectivity index (χ1v) is 5.89. The van der Waals surface area contributed by atoms with Gasteiger partial charge < -0.3 is 15.5 Å².